The van der Waals surface area contributed by atoms with Gasteiger partial charge in [0.05, 0.1) is 17.6 Å². The SMILES string of the molecule is COCCCNc1cnc(C)c(C)n1. The lowest BCUT2D eigenvalue weighted by atomic mass is 10.3. The molecule has 0 aliphatic heterocycles. The Morgan fingerprint density at radius 3 is 2.79 bits per heavy atom. The predicted molar refractivity (Wildman–Crippen MR) is 56.5 cm³/mol. The van der Waals surface area contributed by atoms with Crippen molar-refractivity contribution < 1.29 is 4.74 Å². The van der Waals surface area contributed by atoms with Crippen molar-refractivity contribution >= 4 is 5.82 Å². The lowest BCUT2D eigenvalue weighted by Crippen LogP contribution is -2.07. The van der Waals surface area contributed by atoms with Crippen molar-refractivity contribution in [2.45, 2.75) is 20.3 Å². The molecule has 14 heavy (non-hydrogen) atoms. The third-order valence-corrected chi connectivity index (χ3v) is 2.02. The smallest absolute Gasteiger partial charge is 0.144 e. The number of hydrogen-bond donors (Lipinski definition) is 1. The Labute approximate surface area is 84.7 Å². The van der Waals surface area contributed by atoms with Gasteiger partial charge in [-0.3, -0.25) is 4.98 Å². The van der Waals surface area contributed by atoms with E-state index in [1.165, 1.54) is 0 Å². The molecule has 1 rings (SSSR count). The fourth-order valence-corrected chi connectivity index (χ4v) is 1.06. The van der Waals surface area contributed by atoms with Crippen LogP contribution in [0.4, 0.5) is 5.82 Å². The van der Waals surface area contributed by atoms with E-state index in [-0.39, 0.29) is 0 Å². The van der Waals surface area contributed by atoms with Crippen LogP contribution in [0.3, 0.4) is 0 Å². The monoisotopic (exact) mass is 195 g/mol. The normalized spacial score (nSPS) is 10.2. The Kier molecular flexibility index (Phi) is 4.32. The summed E-state index contributed by atoms with van der Waals surface area (Å²) in [7, 11) is 1.70. The van der Waals surface area contributed by atoms with E-state index in [1.54, 1.807) is 13.3 Å². The molecule has 0 saturated carbocycles. The molecule has 4 nitrogen and oxygen atoms in total. The summed E-state index contributed by atoms with van der Waals surface area (Å²) in [6.07, 6.45) is 2.74. The molecule has 0 radical (unpaired) electrons. The number of anilines is 1. The lowest BCUT2D eigenvalue weighted by molar-refractivity contribution is 0.197. The number of ether oxygens (including phenoxy) is 1. The molecule has 78 valence electrons. The summed E-state index contributed by atoms with van der Waals surface area (Å²) in [5.74, 6) is 0.837. The summed E-state index contributed by atoms with van der Waals surface area (Å²) in [6, 6.07) is 0. The van der Waals surface area contributed by atoms with Crippen LogP contribution < -0.4 is 5.32 Å². The summed E-state index contributed by atoms with van der Waals surface area (Å²) in [6.45, 7) is 5.55. The number of nitrogens with one attached hydrogen (secondary N) is 1. The molecule has 1 N–H and O–H groups in total. The molecule has 0 saturated heterocycles. The van der Waals surface area contributed by atoms with Crippen molar-refractivity contribution in [2.75, 3.05) is 25.6 Å². The van der Waals surface area contributed by atoms with Crippen LogP contribution in [-0.2, 0) is 4.74 Å². The first-order valence-electron chi connectivity index (χ1n) is 4.77. The van der Waals surface area contributed by atoms with Crippen molar-refractivity contribution in [3.8, 4) is 0 Å². The molecule has 1 heterocycles. The van der Waals surface area contributed by atoms with Gasteiger partial charge in [0.25, 0.3) is 0 Å². The Bertz CT molecular complexity index is 289. The Hall–Kier alpha value is -1.16. The maximum absolute atomic E-state index is 4.95. The number of hydrogen-bond acceptors (Lipinski definition) is 4. The van der Waals surface area contributed by atoms with Crippen LogP contribution in [0, 0.1) is 13.8 Å². The second kappa shape index (κ2) is 5.54. The molecule has 0 aliphatic rings. The molecule has 1 aromatic rings. The third-order valence-electron chi connectivity index (χ3n) is 2.02. The lowest BCUT2D eigenvalue weighted by Gasteiger charge is -2.06. The van der Waals surface area contributed by atoms with Crippen LogP contribution in [0.15, 0.2) is 6.20 Å². The van der Waals surface area contributed by atoms with E-state index in [0.29, 0.717) is 0 Å². The highest BCUT2D eigenvalue weighted by Crippen LogP contribution is 2.05. The Morgan fingerprint density at radius 2 is 2.14 bits per heavy atom. The summed E-state index contributed by atoms with van der Waals surface area (Å²) in [5.41, 5.74) is 1.95. The van der Waals surface area contributed by atoms with Crippen LogP contribution in [0.25, 0.3) is 0 Å². The van der Waals surface area contributed by atoms with Crippen LogP contribution in [0.5, 0.6) is 0 Å². The Morgan fingerprint density at radius 1 is 1.36 bits per heavy atom. The van der Waals surface area contributed by atoms with Gasteiger partial charge < -0.3 is 10.1 Å². The molecule has 0 aromatic carbocycles. The second-order valence-corrected chi connectivity index (χ2v) is 3.20. The van der Waals surface area contributed by atoms with E-state index in [2.05, 4.69) is 15.3 Å². The minimum absolute atomic E-state index is 0.769. The highest BCUT2D eigenvalue weighted by Gasteiger charge is 1.97. The molecule has 0 spiro atoms. The third kappa shape index (κ3) is 3.30. The molecule has 0 atom stereocenters. The van der Waals surface area contributed by atoms with E-state index in [0.717, 1.165) is 36.8 Å². The average Bonchev–Trinajstić information content (AvgIpc) is 2.18. The predicted octanol–water partition coefficient (Wildman–Crippen LogP) is 1.54. The minimum Gasteiger partial charge on any atom is -0.385 e. The maximum atomic E-state index is 4.95. The van der Waals surface area contributed by atoms with Gasteiger partial charge in [0.1, 0.15) is 5.82 Å². The van der Waals surface area contributed by atoms with Gasteiger partial charge >= 0.3 is 0 Å². The summed E-state index contributed by atoms with van der Waals surface area (Å²) < 4.78 is 4.95. The number of nitrogens with zero attached hydrogens (tertiary/aromatic N) is 2. The Balaban J connectivity index is 2.39. The van der Waals surface area contributed by atoms with Crippen LogP contribution in [0.1, 0.15) is 17.8 Å². The number of aromatic nitrogens is 2. The molecule has 1 aromatic heterocycles. The zero-order valence-electron chi connectivity index (χ0n) is 9.00. The largest absolute Gasteiger partial charge is 0.385 e. The van der Waals surface area contributed by atoms with Gasteiger partial charge in [0.2, 0.25) is 0 Å². The number of aryl methyl sites for hydroxylation is 2. The van der Waals surface area contributed by atoms with Gasteiger partial charge in [-0.25, -0.2) is 4.98 Å². The highest BCUT2D eigenvalue weighted by molar-refractivity contribution is 5.32. The van der Waals surface area contributed by atoms with Gasteiger partial charge in [-0.1, -0.05) is 0 Å². The van der Waals surface area contributed by atoms with Crippen LogP contribution in [0.2, 0.25) is 0 Å². The van der Waals surface area contributed by atoms with E-state index < -0.39 is 0 Å². The van der Waals surface area contributed by atoms with Gasteiger partial charge in [-0.2, -0.15) is 0 Å². The fraction of sp³-hybridized carbons (Fsp3) is 0.600. The van der Waals surface area contributed by atoms with Gasteiger partial charge in [0.15, 0.2) is 0 Å². The van der Waals surface area contributed by atoms with Crippen molar-refractivity contribution in [3.63, 3.8) is 0 Å². The summed E-state index contributed by atoms with van der Waals surface area (Å²) in [5, 5.41) is 3.19. The molecule has 0 unspecified atom stereocenters. The first-order valence-corrected chi connectivity index (χ1v) is 4.77. The molecule has 0 aliphatic carbocycles. The molecular weight excluding hydrogens is 178 g/mol. The van der Waals surface area contributed by atoms with Crippen molar-refractivity contribution in [3.05, 3.63) is 17.6 Å². The molecule has 0 bridgehead atoms. The van der Waals surface area contributed by atoms with Gasteiger partial charge in [-0.05, 0) is 20.3 Å². The van der Waals surface area contributed by atoms with Crippen molar-refractivity contribution in [2.24, 2.45) is 0 Å². The molecule has 4 heteroatoms. The first kappa shape index (κ1) is 10.9. The topological polar surface area (TPSA) is 47.0 Å². The number of rotatable bonds is 5. The van der Waals surface area contributed by atoms with Crippen LogP contribution >= 0.6 is 0 Å². The van der Waals surface area contributed by atoms with E-state index in [4.69, 9.17) is 4.74 Å². The first-order chi connectivity index (χ1) is 6.74. The van der Waals surface area contributed by atoms with Crippen molar-refractivity contribution in [1.29, 1.82) is 0 Å². The molecule has 0 fully saturated rings. The quantitative estimate of drug-likeness (QED) is 0.724. The van der Waals surface area contributed by atoms with E-state index >= 15 is 0 Å². The molecule has 0 amide bonds. The average molecular weight is 195 g/mol. The highest BCUT2D eigenvalue weighted by atomic mass is 16.5. The minimum atomic E-state index is 0.769. The van der Waals surface area contributed by atoms with Crippen LogP contribution in [-0.4, -0.2) is 30.2 Å². The maximum Gasteiger partial charge on any atom is 0.144 e. The summed E-state index contributed by atoms with van der Waals surface area (Å²) >= 11 is 0. The standard InChI is InChI=1S/C10H17N3O/c1-8-9(2)13-10(7-12-8)11-5-4-6-14-3/h7H,4-6H2,1-3H3,(H,11,13). The van der Waals surface area contributed by atoms with Crippen molar-refractivity contribution in [1.82, 2.24) is 9.97 Å². The van der Waals surface area contributed by atoms with Gasteiger partial charge in [0, 0.05) is 20.3 Å². The molecular formula is C10H17N3O. The van der Waals surface area contributed by atoms with E-state index in [1.807, 2.05) is 13.8 Å². The van der Waals surface area contributed by atoms with Gasteiger partial charge in [-0.15, -0.1) is 0 Å². The van der Waals surface area contributed by atoms with E-state index in [9.17, 15) is 0 Å². The number of methoxy groups -OCH3 is 1. The second-order valence-electron chi connectivity index (χ2n) is 3.20. The fourth-order valence-electron chi connectivity index (χ4n) is 1.06. The zero-order valence-corrected chi connectivity index (χ0v) is 9.00. The summed E-state index contributed by atoms with van der Waals surface area (Å²) in [4.78, 5) is 8.58. The zero-order chi connectivity index (χ0) is 10.4.